The summed E-state index contributed by atoms with van der Waals surface area (Å²) in [6.45, 7) is 6.65. The smallest absolute Gasteiger partial charge is 0.254 e. The van der Waals surface area contributed by atoms with Gasteiger partial charge in [0.1, 0.15) is 0 Å². The summed E-state index contributed by atoms with van der Waals surface area (Å²) in [5, 5.41) is 9.50. The fourth-order valence-corrected chi connectivity index (χ4v) is 3.01. The average Bonchev–Trinajstić information content (AvgIpc) is 2.53. The molecule has 128 valence electrons. The molecule has 1 aliphatic rings. The van der Waals surface area contributed by atoms with E-state index in [1.54, 1.807) is 39.3 Å². The summed E-state index contributed by atoms with van der Waals surface area (Å²) in [4.78, 5) is 16.8. The van der Waals surface area contributed by atoms with Crippen LogP contribution in [-0.2, 0) is 0 Å². The van der Waals surface area contributed by atoms with E-state index in [2.05, 4.69) is 4.90 Å². The van der Waals surface area contributed by atoms with Crippen LogP contribution >= 0.6 is 0 Å². The minimum atomic E-state index is -0.352. The number of carbonyl (C=O) groups excluding carboxylic acids is 1. The zero-order valence-electron chi connectivity index (χ0n) is 14.3. The summed E-state index contributed by atoms with van der Waals surface area (Å²) in [6, 6.07) is 5.33. The number of nitrogens with zero attached hydrogens (tertiary/aromatic N) is 2. The monoisotopic (exact) mass is 322 g/mol. The lowest BCUT2D eigenvalue weighted by molar-refractivity contribution is 0.0382. The van der Waals surface area contributed by atoms with Gasteiger partial charge in [-0.05, 0) is 32.0 Å². The zero-order valence-corrected chi connectivity index (χ0v) is 14.3. The van der Waals surface area contributed by atoms with Crippen LogP contribution in [0.2, 0.25) is 0 Å². The second-order valence-corrected chi connectivity index (χ2v) is 6.03. The topological polar surface area (TPSA) is 62.2 Å². The molecule has 1 saturated heterocycles. The van der Waals surface area contributed by atoms with Gasteiger partial charge in [-0.15, -0.1) is 0 Å². The number of rotatable bonds is 5. The van der Waals surface area contributed by atoms with Crippen molar-refractivity contribution >= 4 is 5.91 Å². The highest BCUT2D eigenvalue weighted by molar-refractivity contribution is 5.95. The van der Waals surface area contributed by atoms with Crippen LogP contribution in [0.1, 0.15) is 24.2 Å². The number of ether oxygens (including phenoxy) is 2. The highest BCUT2D eigenvalue weighted by Gasteiger charge is 2.28. The molecule has 0 radical (unpaired) electrons. The third-order valence-electron chi connectivity index (χ3n) is 4.13. The van der Waals surface area contributed by atoms with E-state index in [1.807, 2.05) is 11.8 Å². The van der Waals surface area contributed by atoms with Crippen molar-refractivity contribution in [2.24, 2.45) is 0 Å². The van der Waals surface area contributed by atoms with E-state index in [9.17, 15) is 9.90 Å². The summed E-state index contributed by atoms with van der Waals surface area (Å²) in [7, 11) is 3.13. The normalized spacial score (nSPS) is 20.2. The lowest BCUT2D eigenvalue weighted by Gasteiger charge is -2.40. The molecule has 6 heteroatoms. The van der Waals surface area contributed by atoms with Crippen LogP contribution in [0.3, 0.4) is 0 Å². The van der Waals surface area contributed by atoms with Crippen molar-refractivity contribution in [3.63, 3.8) is 0 Å². The second-order valence-electron chi connectivity index (χ2n) is 6.03. The highest BCUT2D eigenvalue weighted by Crippen LogP contribution is 2.28. The molecule has 2 atom stereocenters. The molecule has 2 rings (SSSR count). The Morgan fingerprint density at radius 2 is 2.00 bits per heavy atom. The van der Waals surface area contributed by atoms with Crippen molar-refractivity contribution in [1.82, 2.24) is 9.80 Å². The summed E-state index contributed by atoms with van der Waals surface area (Å²) in [6.07, 6.45) is -0.352. The van der Waals surface area contributed by atoms with Gasteiger partial charge in [-0.3, -0.25) is 9.69 Å². The van der Waals surface area contributed by atoms with Gasteiger partial charge < -0.3 is 19.5 Å². The van der Waals surface area contributed by atoms with Gasteiger partial charge in [-0.25, -0.2) is 0 Å². The Balaban J connectivity index is 2.09. The van der Waals surface area contributed by atoms with E-state index in [1.165, 1.54) is 0 Å². The number of carbonyl (C=O) groups is 1. The Labute approximate surface area is 137 Å². The van der Waals surface area contributed by atoms with E-state index in [0.29, 0.717) is 30.2 Å². The van der Waals surface area contributed by atoms with E-state index in [4.69, 9.17) is 9.47 Å². The van der Waals surface area contributed by atoms with Gasteiger partial charge in [0, 0.05) is 37.8 Å². The quantitative estimate of drug-likeness (QED) is 0.883. The number of benzene rings is 1. The Morgan fingerprint density at radius 3 is 2.57 bits per heavy atom. The zero-order chi connectivity index (χ0) is 17.0. The van der Waals surface area contributed by atoms with Crippen LogP contribution in [0.4, 0.5) is 0 Å². The molecule has 6 nitrogen and oxygen atoms in total. The standard InChI is InChI=1S/C17H26N2O4/c1-12-10-18(11-13(2)20)7-8-19(12)17(21)14-5-6-15(22-3)16(9-14)23-4/h5-6,9,12-13,20H,7-8,10-11H2,1-4H3/t12-,13+/m0/s1. The van der Waals surface area contributed by atoms with Crippen molar-refractivity contribution < 1.29 is 19.4 Å². The first-order valence-corrected chi connectivity index (χ1v) is 7.89. The van der Waals surface area contributed by atoms with Crippen LogP contribution in [0.25, 0.3) is 0 Å². The van der Waals surface area contributed by atoms with Crippen molar-refractivity contribution in [2.45, 2.75) is 26.0 Å². The van der Waals surface area contributed by atoms with Crippen molar-refractivity contribution in [1.29, 1.82) is 0 Å². The predicted octanol–water partition coefficient (Wildman–Crippen LogP) is 1.23. The highest BCUT2D eigenvalue weighted by atomic mass is 16.5. The number of hydrogen-bond acceptors (Lipinski definition) is 5. The molecule has 1 aliphatic heterocycles. The lowest BCUT2D eigenvalue weighted by Crippen LogP contribution is -2.55. The summed E-state index contributed by atoms with van der Waals surface area (Å²) >= 11 is 0. The van der Waals surface area contributed by atoms with E-state index in [-0.39, 0.29) is 18.1 Å². The molecule has 0 bridgehead atoms. The molecule has 0 unspecified atom stereocenters. The molecule has 0 spiro atoms. The number of aliphatic hydroxyl groups excluding tert-OH is 1. The molecule has 1 aromatic carbocycles. The van der Waals surface area contributed by atoms with Gasteiger partial charge in [-0.2, -0.15) is 0 Å². The van der Waals surface area contributed by atoms with Crippen LogP contribution in [0, 0.1) is 0 Å². The predicted molar refractivity (Wildman–Crippen MR) is 88.2 cm³/mol. The van der Waals surface area contributed by atoms with Gasteiger partial charge in [0.15, 0.2) is 11.5 Å². The Kier molecular flexibility index (Phi) is 5.85. The molecular formula is C17H26N2O4. The minimum absolute atomic E-state index is 0.00449. The summed E-state index contributed by atoms with van der Waals surface area (Å²) in [5.41, 5.74) is 0.596. The number of hydrogen-bond donors (Lipinski definition) is 1. The second kappa shape index (κ2) is 7.66. The summed E-state index contributed by atoms with van der Waals surface area (Å²) < 4.78 is 10.5. The number of methoxy groups -OCH3 is 2. The SMILES string of the molecule is COc1ccc(C(=O)N2CCN(C[C@@H](C)O)C[C@@H]2C)cc1OC. The van der Waals surface area contributed by atoms with Crippen molar-refractivity contribution in [2.75, 3.05) is 40.4 Å². The van der Waals surface area contributed by atoms with Crippen molar-refractivity contribution in [3.05, 3.63) is 23.8 Å². The van der Waals surface area contributed by atoms with Crippen LogP contribution in [0.5, 0.6) is 11.5 Å². The molecular weight excluding hydrogens is 296 g/mol. The third kappa shape index (κ3) is 4.14. The maximum Gasteiger partial charge on any atom is 0.254 e. The molecule has 1 amide bonds. The molecule has 23 heavy (non-hydrogen) atoms. The molecule has 0 aliphatic carbocycles. The fraction of sp³-hybridized carbons (Fsp3) is 0.588. The molecule has 1 N–H and O–H groups in total. The third-order valence-corrected chi connectivity index (χ3v) is 4.13. The average molecular weight is 322 g/mol. The Bertz CT molecular complexity index is 547. The van der Waals surface area contributed by atoms with Gasteiger partial charge in [0.05, 0.1) is 20.3 Å². The first-order valence-electron chi connectivity index (χ1n) is 7.89. The Morgan fingerprint density at radius 1 is 1.30 bits per heavy atom. The first kappa shape index (κ1) is 17.6. The molecule has 1 aromatic rings. The molecule has 1 heterocycles. The van der Waals surface area contributed by atoms with Crippen LogP contribution < -0.4 is 9.47 Å². The van der Waals surface area contributed by atoms with E-state index in [0.717, 1.165) is 13.1 Å². The maximum atomic E-state index is 12.8. The largest absolute Gasteiger partial charge is 0.493 e. The van der Waals surface area contributed by atoms with Crippen LogP contribution in [-0.4, -0.2) is 73.4 Å². The number of β-amino-alcohol motifs (C(OH)–C–C–N with tert-alkyl or cyclic N) is 1. The number of piperazine rings is 1. The van der Waals surface area contributed by atoms with Crippen LogP contribution in [0.15, 0.2) is 18.2 Å². The van der Waals surface area contributed by atoms with Gasteiger partial charge in [0.25, 0.3) is 5.91 Å². The lowest BCUT2D eigenvalue weighted by atomic mass is 10.1. The van der Waals surface area contributed by atoms with Gasteiger partial charge in [0.2, 0.25) is 0 Å². The van der Waals surface area contributed by atoms with E-state index >= 15 is 0 Å². The first-order chi connectivity index (χ1) is 11.0. The van der Waals surface area contributed by atoms with Crippen molar-refractivity contribution in [3.8, 4) is 11.5 Å². The number of aliphatic hydroxyl groups is 1. The van der Waals surface area contributed by atoms with E-state index < -0.39 is 0 Å². The van der Waals surface area contributed by atoms with Gasteiger partial charge in [-0.1, -0.05) is 0 Å². The molecule has 1 fully saturated rings. The minimum Gasteiger partial charge on any atom is -0.493 e. The maximum absolute atomic E-state index is 12.8. The Hall–Kier alpha value is -1.79. The number of amides is 1. The summed E-state index contributed by atoms with van der Waals surface area (Å²) in [5.74, 6) is 1.16. The molecule has 0 saturated carbocycles. The fourth-order valence-electron chi connectivity index (χ4n) is 3.01. The van der Waals surface area contributed by atoms with Gasteiger partial charge >= 0.3 is 0 Å². The molecule has 0 aromatic heterocycles.